The second kappa shape index (κ2) is 7.44. The molecule has 7 heteroatoms. The summed E-state index contributed by atoms with van der Waals surface area (Å²) in [6.45, 7) is -0.0611. The zero-order valence-electron chi connectivity index (χ0n) is 11.0. The van der Waals surface area contributed by atoms with Crippen LogP contribution in [0.25, 0.3) is 0 Å². The van der Waals surface area contributed by atoms with E-state index in [1.54, 1.807) is 0 Å². The molecule has 0 amide bonds. The Hall–Kier alpha value is -1.34. The van der Waals surface area contributed by atoms with E-state index in [2.05, 4.69) is 4.74 Å². The van der Waals surface area contributed by atoms with Crippen molar-refractivity contribution in [1.29, 1.82) is 0 Å². The highest BCUT2D eigenvalue weighted by atomic mass is 19.4. The van der Waals surface area contributed by atoms with E-state index in [0.717, 1.165) is 0 Å². The van der Waals surface area contributed by atoms with Crippen LogP contribution in [0, 0.1) is 5.82 Å². The highest BCUT2D eigenvalue weighted by molar-refractivity contribution is 5.34. The van der Waals surface area contributed by atoms with Crippen molar-refractivity contribution < 1.29 is 27.0 Å². The van der Waals surface area contributed by atoms with Crippen molar-refractivity contribution in [2.24, 2.45) is 5.73 Å². The number of benzene rings is 1. The van der Waals surface area contributed by atoms with E-state index in [1.165, 1.54) is 18.2 Å². The molecule has 20 heavy (non-hydrogen) atoms. The van der Waals surface area contributed by atoms with Crippen molar-refractivity contribution in [3.63, 3.8) is 0 Å². The van der Waals surface area contributed by atoms with Crippen LogP contribution in [0.3, 0.4) is 0 Å². The van der Waals surface area contributed by atoms with E-state index in [1.807, 2.05) is 6.92 Å². The molecule has 0 bridgehead atoms. The molecular formula is C13H17F4NO2. The summed E-state index contributed by atoms with van der Waals surface area (Å²) in [6.07, 6.45) is -3.33. The van der Waals surface area contributed by atoms with E-state index in [0.29, 0.717) is 18.4 Å². The number of rotatable bonds is 7. The number of hydrogen-bond acceptors (Lipinski definition) is 3. The summed E-state index contributed by atoms with van der Waals surface area (Å²) in [6, 6.07) is 3.61. The van der Waals surface area contributed by atoms with Crippen LogP contribution in [0.5, 0.6) is 5.75 Å². The summed E-state index contributed by atoms with van der Waals surface area (Å²) in [4.78, 5) is 0. The van der Waals surface area contributed by atoms with Crippen LogP contribution in [-0.2, 0) is 11.2 Å². The highest BCUT2D eigenvalue weighted by Gasteiger charge is 2.27. The first-order chi connectivity index (χ1) is 9.31. The van der Waals surface area contributed by atoms with Crippen LogP contribution in [-0.4, -0.2) is 25.6 Å². The average Bonchev–Trinajstić information content (AvgIpc) is 2.35. The maximum absolute atomic E-state index is 13.2. The molecule has 0 radical (unpaired) electrons. The minimum absolute atomic E-state index is 0.171. The smallest absolute Gasteiger partial charge is 0.411 e. The molecule has 0 aliphatic heterocycles. The third kappa shape index (κ3) is 6.21. The molecule has 3 nitrogen and oxygen atoms in total. The first-order valence-electron chi connectivity index (χ1n) is 6.13. The minimum Gasteiger partial charge on any atom is -0.467 e. The predicted octanol–water partition coefficient (Wildman–Crippen LogP) is 3.02. The first kappa shape index (κ1) is 16.7. The summed E-state index contributed by atoms with van der Waals surface area (Å²) in [7, 11) is 0. The Morgan fingerprint density at radius 3 is 2.60 bits per heavy atom. The maximum atomic E-state index is 13.2. The van der Waals surface area contributed by atoms with Crippen molar-refractivity contribution in [1.82, 2.24) is 0 Å². The third-order valence-corrected chi connectivity index (χ3v) is 2.59. The van der Waals surface area contributed by atoms with Gasteiger partial charge in [0.1, 0.15) is 18.2 Å². The molecule has 0 fully saturated rings. The van der Waals surface area contributed by atoms with Crippen molar-refractivity contribution in [2.75, 3.05) is 13.4 Å². The van der Waals surface area contributed by atoms with Gasteiger partial charge >= 0.3 is 6.18 Å². The summed E-state index contributed by atoms with van der Waals surface area (Å²) < 4.78 is 58.3. The molecule has 0 saturated carbocycles. The van der Waals surface area contributed by atoms with Crippen LogP contribution < -0.4 is 10.5 Å². The van der Waals surface area contributed by atoms with Gasteiger partial charge in [0, 0.05) is 6.04 Å². The molecule has 0 aromatic heterocycles. The van der Waals surface area contributed by atoms with Gasteiger partial charge in [-0.25, -0.2) is 4.39 Å². The molecule has 1 rings (SSSR count). The van der Waals surface area contributed by atoms with Crippen LogP contribution in [0.1, 0.15) is 18.9 Å². The van der Waals surface area contributed by atoms with E-state index < -0.39 is 25.4 Å². The van der Waals surface area contributed by atoms with Crippen LogP contribution in [0.15, 0.2) is 18.2 Å². The Balaban J connectivity index is 2.60. The molecule has 1 aromatic carbocycles. The normalized spacial score (nSPS) is 13.3. The fourth-order valence-corrected chi connectivity index (χ4v) is 1.54. The largest absolute Gasteiger partial charge is 0.467 e. The van der Waals surface area contributed by atoms with Gasteiger partial charge in [-0.1, -0.05) is 6.92 Å². The van der Waals surface area contributed by atoms with Gasteiger partial charge in [0.2, 0.25) is 0 Å². The van der Waals surface area contributed by atoms with Crippen LogP contribution >= 0.6 is 0 Å². The molecule has 0 saturated heterocycles. The lowest BCUT2D eigenvalue weighted by atomic mass is 10.0. The zero-order chi connectivity index (χ0) is 15.2. The number of alkyl halides is 3. The van der Waals surface area contributed by atoms with Crippen molar-refractivity contribution in [3.05, 3.63) is 29.6 Å². The van der Waals surface area contributed by atoms with Gasteiger partial charge in [-0.3, -0.25) is 0 Å². The average molecular weight is 295 g/mol. The topological polar surface area (TPSA) is 44.5 Å². The lowest BCUT2D eigenvalue weighted by Crippen LogP contribution is -2.22. The van der Waals surface area contributed by atoms with E-state index in [4.69, 9.17) is 10.5 Å². The second-order valence-electron chi connectivity index (χ2n) is 4.35. The lowest BCUT2D eigenvalue weighted by Gasteiger charge is -2.15. The van der Waals surface area contributed by atoms with Gasteiger partial charge in [0.05, 0.1) is 0 Å². The standard InChI is InChI=1S/C13H17F4NO2/c1-2-11(18)6-9-5-10(14)3-4-12(9)20-8-19-7-13(15,16)17/h3-5,11H,2,6-8,18H2,1H3. The highest BCUT2D eigenvalue weighted by Crippen LogP contribution is 2.22. The van der Waals surface area contributed by atoms with Gasteiger partial charge < -0.3 is 15.2 Å². The number of ether oxygens (including phenoxy) is 2. The Morgan fingerprint density at radius 2 is 2.00 bits per heavy atom. The summed E-state index contributed by atoms with van der Waals surface area (Å²) in [5, 5.41) is 0. The summed E-state index contributed by atoms with van der Waals surface area (Å²) in [5.41, 5.74) is 6.29. The van der Waals surface area contributed by atoms with Crippen LogP contribution in [0.4, 0.5) is 17.6 Å². The summed E-state index contributed by atoms with van der Waals surface area (Å²) in [5.74, 6) is -0.177. The van der Waals surface area contributed by atoms with Gasteiger partial charge in [0.15, 0.2) is 6.79 Å². The Labute approximate surface area is 114 Å². The van der Waals surface area contributed by atoms with E-state index in [9.17, 15) is 17.6 Å². The maximum Gasteiger partial charge on any atom is 0.411 e. The summed E-state index contributed by atoms with van der Waals surface area (Å²) >= 11 is 0. The fourth-order valence-electron chi connectivity index (χ4n) is 1.54. The molecule has 1 atom stereocenters. The third-order valence-electron chi connectivity index (χ3n) is 2.59. The molecule has 2 N–H and O–H groups in total. The van der Waals surface area contributed by atoms with Gasteiger partial charge in [-0.05, 0) is 36.6 Å². The molecule has 1 aromatic rings. The van der Waals surface area contributed by atoms with E-state index >= 15 is 0 Å². The Morgan fingerprint density at radius 1 is 1.30 bits per heavy atom. The molecule has 0 spiro atoms. The second-order valence-corrected chi connectivity index (χ2v) is 4.35. The van der Waals surface area contributed by atoms with Gasteiger partial charge in [-0.15, -0.1) is 0 Å². The monoisotopic (exact) mass is 295 g/mol. The van der Waals surface area contributed by atoms with Crippen LogP contribution in [0.2, 0.25) is 0 Å². The molecule has 1 unspecified atom stereocenters. The zero-order valence-corrected chi connectivity index (χ0v) is 11.0. The predicted molar refractivity (Wildman–Crippen MR) is 65.9 cm³/mol. The number of halogens is 4. The molecular weight excluding hydrogens is 278 g/mol. The molecule has 0 heterocycles. The van der Waals surface area contributed by atoms with Gasteiger partial charge in [0.25, 0.3) is 0 Å². The Bertz CT molecular complexity index is 423. The van der Waals surface area contributed by atoms with Gasteiger partial charge in [-0.2, -0.15) is 13.2 Å². The molecule has 114 valence electrons. The molecule has 0 aliphatic carbocycles. The van der Waals surface area contributed by atoms with Crippen molar-refractivity contribution in [3.8, 4) is 5.75 Å². The molecule has 0 aliphatic rings. The number of nitrogens with two attached hydrogens (primary N) is 1. The number of hydrogen-bond donors (Lipinski definition) is 1. The SMILES string of the molecule is CCC(N)Cc1cc(F)ccc1OCOCC(F)(F)F. The van der Waals surface area contributed by atoms with E-state index in [-0.39, 0.29) is 11.8 Å². The quantitative estimate of drug-likeness (QED) is 0.478. The first-order valence-corrected chi connectivity index (χ1v) is 6.13. The van der Waals surface area contributed by atoms with Crippen molar-refractivity contribution in [2.45, 2.75) is 32.0 Å². The Kier molecular flexibility index (Phi) is 6.22. The van der Waals surface area contributed by atoms with Crippen molar-refractivity contribution >= 4 is 0 Å². The fraction of sp³-hybridized carbons (Fsp3) is 0.538. The minimum atomic E-state index is -4.40. The lowest BCUT2D eigenvalue weighted by molar-refractivity contribution is -0.186.